The monoisotopic (exact) mass is 512 g/mol. The minimum Gasteiger partial charge on any atom is -0.444 e. The number of carbonyl (C=O) groups excluding carboxylic acids is 2. The number of sulfone groups is 2. The summed E-state index contributed by atoms with van der Waals surface area (Å²) in [4.78, 5) is 25.7. The van der Waals surface area contributed by atoms with Crippen LogP contribution < -0.4 is 10.4 Å². The van der Waals surface area contributed by atoms with Crippen LogP contribution in [0.4, 0.5) is 10.5 Å². The van der Waals surface area contributed by atoms with Crippen LogP contribution in [0.2, 0.25) is 0 Å². The number of ether oxygens (including phenoxy) is 1. The Hall–Kier alpha value is -2.62. The van der Waals surface area contributed by atoms with E-state index in [1.807, 2.05) is 0 Å². The molecule has 1 saturated heterocycles. The van der Waals surface area contributed by atoms with Crippen LogP contribution in [-0.4, -0.2) is 69.7 Å². The lowest BCUT2D eigenvalue weighted by Gasteiger charge is -2.31. The molecule has 1 aliphatic carbocycles. The maximum atomic E-state index is 12.4. The molecular weight excluding hydrogens is 484 g/mol. The molecule has 1 heterocycles. The molecule has 1 aromatic rings. The fourth-order valence-electron chi connectivity index (χ4n) is 4.13. The minimum absolute atomic E-state index is 0.0392. The number of nitrogens with zero attached hydrogens (tertiary/aromatic N) is 1. The minimum atomic E-state index is -3.92. The van der Waals surface area contributed by atoms with E-state index in [9.17, 15) is 26.4 Å². The van der Waals surface area contributed by atoms with Gasteiger partial charge in [0.1, 0.15) is 15.9 Å². The zero-order valence-electron chi connectivity index (χ0n) is 19.1. The van der Waals surface area contributed by atoms with Gasteiger partial charge in [0.2, 0.25) is 0 Å². The van der Waals surface area contributed by atoms with Gasteiger partial charge in [-0.25, -0.2) is 27.1 Å². The Balaban J connectivity index is 1.62. The third-order valence-corrected chi connectivity index (χ3v) is 9.33. The highest BCUT2D eigenvalue weighted by Crippen LogP contribution is 2.34. The molecule has 1 aromatic carbocycles. The third-order valence-electron chi connectivity index (χ3n) is 6.27. The Morgan fingerprint density at radius 2 is 1.82 bits per heavy atom. The highest BCUT2D eigenvalue weighted by molar-refractivity contribution is 7.92. The van der Waals surface area contributed by atoms with Gasteiger partial charge in [-0.2, -0.15) is 0 Å². The maximum absolute atomic E-state index is 12.4. The van der Waals surface area contributed by atoms with Gasteiger partial charge in [-0.3, -0.25) is 14.9 Å². The van der Waals surface area contributed by atoms with Crippen molar-refractivity contribution in [3.05, 3.63) is 29.8 Å². The molecule has 12 heteroatoms. The van der Waals surface area contributed by atoms with Crippen molar-refractivity contribution in [2.24, 2.45) is 11.8 Å². The van der Waals surface area contributed by atoms with E-state index < -0.39 is 42.5 Å². The summed E-state index contributed by atoms with van der Waals surface area (Å²) in [6.45, 7) is 1.21. The average Bonchev–Trinajstić information content (AvgIpc) is 3.07. The Morgan fingerprint density at radius 3 is 2.35 bits per heavy atom. The molecule has 186 valence electrons. The van der Waals surface area contributed by atoms with Gasteiger partial charge >= 0.3 is 6.09 Å². The molecule has 3 rings (SSSR count). The normalized spacial score (nSPS) is 24.3. The van der Waals surface area contributed by atoms with Crippen molar-refractivity contribution in [2.75, 3.05) is 29.7 Å². The van der Waals surface area contributed by atoms with Gasteiger partial charge in [0.05, 0.1) is 12.3 Å². The first-order chi connectivity index (χ1) is 15.7. The molecule has 34 heavy (non-hydrogen) atoms. The number of hydrogen-bond acceptors (Lipinski definition) is 8. The van der Waals surface area contributed by atoms with E-state index in [0.717, 1.165) is 24.7 Å². The number of cyclic esters (lactones) is 1. The van der Waals surface area contributed by atoms with E-state index in [-0.39, 0.29) is 30.6 Å². The molecule has 1 saturated carbocycles. The zero-order valence-corrected chi connectivity index (χ0v) is 20.8. The van der Waals surface area contributed by atoms with Crippen molar-refractivity contribution in [1.82, 2.24) is 5.48 Å². The highest BCUT2D eigenvalue weighted by atomic mass is 32.2. The molecule has 0 spiro atoms. The molecule has 2 fully saturated rings. The molecule has 10 nitrogen and oxygen atoms in total. The fourth-order valence-corrected chi connectivity index (χ4v) is 6.13. The second-order valence-corrected chi connectivity index (χ2v) is 13.8. The van der Waals surface area contributed by atoms with Crippen molar-refractivity contribution in [3.63, 3.8) is 0 Å². The summed E-state index contributed by atoms with van der Waals surface area (Å²) in [6, 6.07) is 6.87. The summed E-state index contributed by atoms with van der Waals surface area (Å²) in [5.74, 6) is 5.64. The number of hydrogen-bond donors (Lipinski definition) is 2. The fraction of sp³-hybridized carbons (Fsp3) is 0.545. The molecule has 2 aliphatic rings. The summed E-state index contributed by atoms with van der Waals surface area (Å²) < 4.78 is 50.3. The van der Waals surface area contributed by atoms with Crippen molar-refractivity contribution in [3.8, 4) is 11.8 Å². The van der Waals surface area contributed by atoms with Crippen LogP contribution in [0.15, 0.2) is 24.3 Å². The Labute approximate surface area is 199 Å². The van der Waals surface area contributed by atoms with Gasteiger partial charge < -0.3 is 4.74 Å². The van der Waals surface area contributed by atoms with Crippen LogP contribution in [0.5, 0.6) is 0 Å². The molecule has 0 bridgehead atoms. The summed E-state index contributed by atoms with van der Waals surface area (Å²) in [5.41, 5.74) is 2.64. The van der Waals surface area contributed by atoms with Gasteiger partial charge in [-0.05, 0) is 49.9 Å². The Morgan fingerprint density at radius 1 is 1.21 bits per heavy atom. The second-order valence-electron chi connectivity index (χ2n) is 9.21. The molecule has 1 aliphatic heterocycles. The van der Waals surface area contributed by atoms with E-state index in [4.69, 9.17) is 9.94 Å². The lowest BCUT2D eigenvalue weighted by Crippen LogP contribution is -2.51. The van der Waals surface area contributed by atoms with Crippen molar-refractivity contribution < 1.29 is 36.4 Å². The topological polar surface area (TPSA) is 147 Å². The van der Waals surface area contributed by atoms with Crippen molar-refractivity contribution in [2.45, 2.75) is 37.0 Å². The number of anilines is 1. The van der Waals surface area contributed by atoms with Crippen LogP contribution in [0.25, 0.3) is 0 Å². The first-order valence-electron chi connectivity index (χ1n) is 10.6. The smallest absolute Gasteiger partial charge is 0.414 e. The predicted octanol–water partition coefficient (Wildman–Crippen LogP) is 1.13. The number of hydroxylamine groups is 1. The SMILES string of the molecule is CC(CC1CN(c2ccc(C#CC3CC(CS(C)(=O)=O)C3)cc2)C(=O)O1)(C(=O)NO)S(C)(=O)=O. The third kappa shape index (κ3) is 5.89. The second kappa shape index (κ2) is 9.56. The van der Waals surface area contributed by atoms with Gasteiger partial charge in [0.25, 0.3) is 5.91 Å². The molecule has 0 radical (unpaired) electrons. The van der Waals surface area contributed by atoms with Crippen LogP contribution in [-0.2, 0) is 29.2 Å². The van der Waals surface area contributed by atoms with Crippen LogP contribution in [0.1, 0.15) is 31.7 Å². The van der Waals surface area contributed by atoms with Crippen molar-refractivity contribution >= 4 is 37.4 Å². The van der Waals surface area contributed by atoms with Crippen molar-refractivity contribution in [1.29, 1.82) is 0 Å². The van der Waals surface area contributed by atoms with Gasteiger partial charge in [-0.15, -0.1) is 0 Å². The molecule has 2 atom stereocenters. The highest BCUT2D eigenvalue weighted by Gasteiger charge is 2.48. The summed E-state index contributed by atoms with van der Waals surface area (Å²) in [5, 5.41) is 8.95. The Bertz CT molecular complexity index is 1230. The predicted molar refractivity (Wildman–Crippen MR) is 125 cm³/mol. The molecule has 2 unspecified atom stereocenters. The molecule has 2 N–H and O–H groups in total. The maximum Gasteiger partial charge on any atom is 0.414 e. The summed E-state index contributed by atoms with van der Waals surface area (Å²) in [7, 11) is -6.89. The number of benzene rings is 1. The lowest BCUT2D eigenvalue weighted by atomic mass is 9.76. The standard InChI is InChI=1S/C22H28N2O8S2/c1-22(20(25)23-27,34(3,30)31)12-19-13-24(21(26)32-19)18-8-6-15(7-9-18)4-5-16-10-17(11-16)14-33(2,28)29/h6-9,16-17,19,27H,10-14H2,1-3H3,(H,23,25). The van der Waals surface area contributed by atoms with E-state index in [2.05, 4.69) is 11.8 Å². The van der Waals surface area contributed by atoms with Crippen LogP contribution in [0, 0.1) is 23.7 Å². The molecule has 0 aromatic heterocycles. The van der Waals surface area contributed by atoms with Crippen LogP contribution in [0.3, 0.4) is 0 Å². The first-order valence-corrected chi connectivity index (χ1v) is 14.6. The average molecular weight is 513 g/mol. The number of nitrogens with one attached hydrogen (secondary N) is 1. The van der Waals surface area contributed by atoms with E-state index in [0.29, 0.717) is 5.69 Å². The molecule has 2 amide bonds. The zero-order chi connectivity index (χ0) is 25.3. The molecular formula is C22H28N2O8S2. The van der Waals surface area contributed by atoms with E-state index in [1.165, 1.54) is 23.6 Å². The summed E-state index contributed by atoms with van der Waals surface area (Å²) >= 11 is 0. The van der Waals surface area contributed by atoms with Gasteiger partial charge in [0.15, 0.2) is 14.6 Å². The quantitative estimate of drug-likeness (QED) is 0.314. The van der Waals surface area contributed by atoms with Gasteiger partial charge in [-0.1, -0.05) is 11.8 Å². The van der Waals surface area contributed by atoms with Crippen LogP contribution >= 0.6 is 0 Å². The number of carbonyl (C=O) groups is 2. The van der Waals surface area contributed by atoms with E-state index >= 15 is 0 Å². The van der Waals surface area contributed by atoms with E-state index in [1.54, 1.807) is 24.3 Å². The summed E-state index contributed by atoms with van der Waals surface area (Å²) in [6.07, 6.45) is 1.79. The number of amides is 2. The first kappa shape index (κ1) is 26.0. The largest absolute Gasteiger partial charge is 0.444 e. The van der Waals surface area contributed by atoms with Gasteiger partial charge in [0, 0.05) is 36.1 Å². The Kier molecular flexibility index (Phi) is 7.31. The lowest BCUT2D eigenvalue weighted by molar-refractivity contribution is -0.132. The number of rotatable bonds is 7.